The molecule has 104 valence electrons. The van der Waals surface area contributed by atoms with E-state index in [1.165, 1.54) is 0 Å². The Morgan fingerprint density at radius 2 is 2.00 bits per heavy atom. The molecule has 1 amide bonds. The van der Waals surface area contributed by atoms with Crippen LogP contribution in [0.15, 0.2) is 42.5 Å². The first-order valence-electron chi connectivity index (χ1n) is 6.33. The molecule has 2 aromatic rings. The monoisotopic (exact) mass is 288 g/mol. The van der Waals surface area contributed by atoms with Crippen molar-refractivity contribution < 1.29 is 4.79 Å². The van der Waals surface area contributed by atoms with Crippen LogP contribution in [0.5, 0.6) is 0 Å². The highest BCUT2D eigenvalue weighted by Crippen LogP contribution is 2.17. The first-order chi connectivity index (χ1) is 9.47. The molecule has 0 atom stereocenters. The maximum atomic E-state index is 12.4. The van der Waals surface area contributed by atoms with E-state index in [0.717, 1.165) is 11.1 Å². The number of rotatable bonds is 3. The minimum absolute atomic E-state index is 0.0255. The summed E-state index contributed by atoms with van der Waals surface area (Å²) in [6.07, 6.45) is 0. The number of benzene rings is 2. The average Bonchev–Trinajstić information content (AvgIpc) is 2.38. The molecule has 2 aromatic carbocycles. The van der Waals surface area contributed by atoms with Crippen LogP contribution < -0.4 is 5.73 Å². The highest BCUT2D eigenvalue weighted by Gasteiger charge is 2.14. The zero-order chi connectivity index (χ0) is 14.7. The highest BCUT2D eigenvalue weighted by molar-refractivity contribution is 6.30. The maximum absolute atomic E-state index is 12.4. The highest BCUT2D eigenvalue weighted by atomic mass is 35.5. The molecule has 3 nitrogen and oxygen atoms in total. The Balaban J connectivity index is 2.16. The van der Waals surface area contributed by atoms with E-state index in [9.17, 15) is 4.79 Å². The number of halogens is 1. The van der Waals surface area contributed by atoms with Gasteiger partial charge in [0.25, 0.3) is 5.91 Å². The zero-order valence-electron chi connectivity index (χ0n) is 11.6. The van der Waals surface area contributed by atoms with Gasteiger partial charge in [0.05, 0.1) is 0 Å². The average molecular weight is 289 g/mol. The Kier molecular flexibility index (Phi) is 4.30. The van der Waals surface area contributed by atoms with Gasteiger partial charge in [0.1, 0.15) is 0 Å². The van der Waals surface area contributed by atoms with E-state index in [0.29, 0.717) is 22.8 Å². The van der Waals surface area contributed by atoms with Crippen molar-refractivity contribution in [1.82, 2.24) is 4.90 Å². The summed E-state index contributed by atoms with van der Waals surface area (Å²) in [5.74, 6) is -0.0255. The summed E-state index contributed by atoms with van der Waals surface area (Å²) in [6, 6.07) is 12.8. The lowest BCUT2D eigenvalue weighted by atomic mass is 10.1. The molecule has 2 rings (SSSR count). The molecule has 0 aliphatic carbocycles. The Bertz CT molecular complexity index is 640. The fourth-order valence-electron chi connectivity index (χ4n) is 2.11. The minimum Gasteiger partial charge on any atom is -0.399 e. The summed E-state index contributed by atoms with van der Waals surface area (Å²) in [4.78, 5) is 14.1. The van der Waals surface area contributed by atoms with E-state index in [1.54, 1.807) is 30.1 Å². The van der Waals surface area contributed by atoms with Crippen molar-refractivity contribution in [1.29, 1.82) is 0 Å². The summed E-state index contributed by atoms with van der Waals surface area (Å²) in [7, 11) is 1.78. The number of anilines is 1. The van der Waals surface area contributed by atoms with Gasteiger partial charge in [-0.3, -0.25) is 4.79 Å². The van der Waals surface area contributed by atoms with Gasteiger partial charge in [-0.2, -0.15) is 0 Å². The van der Waals surface area contributed by atoms with E-state index in [4.69, 9.17) is 17.3 Å². The van der Waals surface area contributed by atoms with Gasteiger partial charge in [0.2, 0.25) is 0 Å². The molecular weight excluding hydrogens is 272 g/mol. The normalized spacial score (nSPS) is 10.3. The van der Waals surface area contributed by atoms with Crippen LogP contribution in [-0.2, 0) is 6.54 Å². The first kappa shape index (κ1) is 14.4. The van der Waals surface area contributed by atoms with Gasteiger partial charge in [-0.15, -0.1) is 0 Å². The Morgan fingerprint density at radius 3 is 2.65 bits per heavy atom. The molecule has 0 radical (unpaired) electrons. The Hall–Kier alpha value is -2.00. The Labute approximate surface area is 124 Å². The van der Waals surface area contributed by atoms with Gasteiger partial charge in [-0.25, -0.2) is 0 Å². The number of aryl methyl sites for hydroxylation is 1. The molecule has 0 unspecified atom stereocenters. The predicted molar refractivity (Wildman–Crippen MR) is 82.8 cm³/mol. The molecule has 0 fully saturated rings. The zero-order valence-corrected chi connectivity index (χ0v) is 12.3. The number of amides is 1. The lowest BCUT2D eigenvalue weighted by Gasteiger charge is -2.19. The van der Waals surface area contributed by atoms with E-state index in [-0.39, 0.29) is 5.91 Å². The number of hydrogen-bond donors (Lipinski definition) is 1. The van der Waals surface area contributed by atoms with Crippen LogP contribution in [0, 0.1) is 6.92 Å². The second-order valence-corrected chi connectivity index (χ2v) is 5.30. The van der Waals surface area contributed by atoms with Crippen molar-refractivity contribution in [3.8, 4) is 0 Å². The smallest absolute Gasteiger partial charge is 0.254 e. The van der Waals surface area contributed by atoms with Crippen LogP contribution in [0.1, 0.15) is 21.5 Å². The Morgan fingerprint density at radius 1 is 1.25 bits per heavy atom. The third-order valence-electron chi connectivity index (χ3n) is 3.14. The minimum atomic E-state index is -0.0255. The van der Waals surface area contributed by atoms with Crippen LogP contribution in [0.2, 0.25) is 5.02 Å². The van der Waals surface area contributed by atoms with Crippen molar-refractivity contribution in [2.24, 2.45) is 0 Å². The molecule has 0 spiro atoms. The number of nitrogen functional groups attached to an aromatic ring is 1. The molecule has 4 heteroatoms. The lowest BCUT2D eigenvalue weighted by molar-refractivity contribution is 0.0784. The van der Waals surface area contributed by atoms with Crippen molar-refractivity contribution in [2.75, 3.05) is 12.8 Å². The van der Waals surface area contributed by atoms with Gasteiger partial charge in [-0.05, 0) is 48.4 Å². The number of carbonyl (C=O) groups is 1. The molecule has 0 bridgehead atoms. The second-order valence-electron chi connectivity index (χ2n) is 4.87. The second kappa shape index (κ2) is 5.97. The largest absolute Gasteiger partial charge is 0.399 e. The first-order valence-corrected chi connectivity index (χ1v) is 6.71. The molecule has 0 aliphatic heterocycles. The summed E-state index contributed by atoms with van der Waals surface area (Å²) in [5.41, 5.74) is 8.92. The lowest BCUT2D eigenvalue weighted by Crippen LogP contribution is -2.26. The van der Waals surface area contributed by atoms with Gasteiger partial charge in [0.15, 0.2) is 0 Å². The molecule has 0 saturated carbocycles. The molecule has 0 saturated heterocycles. The van der Waals surface area contributed by atoms with Crippen LogP contribution in [0.25, 0.3) is 0 Å². The summed E-state index contributed by atoms with van der Waals surface area (Å²) in [6.45, 7) is 2.40. The molecular formula is C16H17ClN2O. The summed E-state index contributed by atoms with van der Waals surface area (Å²) >= 11 is 5.95. The van der Waals surface area contributed by atoms with E-state index in [1.807, 2.05) is 31.2 Å². The number of hydrogen-bond acceptors (Lipinski definition) is 2. The van der Waals surface area contributed by atoms with Gasteiger partial charge in [-0.1, -0.05) is 23.7 Å². The van der Waals surface area contributed by atoms with Crippen LogP contribution >= 0.6 is 11.6 Å². The maximum Gasteiger partial charge on any atom is 0.254 e. The van der Waals surface area contributed by atoms with Crippen LogP contribution in [0.3, 0.4) is 0 Å². The van der Waals surface area contributed by atoms with E-state index >= 15 is 0 Å². The third-order valence-corrected chi connectivity index (χ3v) is 3.37. The third kappa shape index (κ3) is 3.31. The van der Waals surface area contributed by atoms with Crippen LogP contribution in [-0.4, -0.2) is 17.9 Å². The van der Waals surface area contributed by atoms with Crippen molar-refractivity contribution in [2.45, 2.75) is 13.5 Å². The number of nitrogens with zero attached hydrogens (tertiary/aromatic N) is 1. The molecule has 0 heterocycles. The molecule has 0 aliphatic rings. The fraction of sp³-hybridized carbons (Fsp3) is 0.188. The molecule has 0 aromatic heterocycles. The van der Waals surface area contributed by atoms with Gasteiger partial charge in [0, 0.05) is 29.9 Å². The summed E-state index contributed by atoms with van der Waals surface area (Å²) < 4.78 is 0. The van der Waals surface area contributed by atoms with Crippen molar-refractivity contribution in [3.05, 3.63) is 64.2 Å². The van der Waals surface area contributed by atoms with Gasteiger partial charge >= 0.3 is 0 Å². The number of carbonyl (C=O) groups excluding carboxylic acids is 1. The molecule has 20 heavy (non-hydrogen) atoms. The van der Waals surface area contributed by atoms with E-state index in [2.05, 4.69) is 0 Å². The van der Waals surface area contributed by atoms with Gasteiger partial charge < -0.3 is 10.6 Å². The molecule has 2 N–H and O–H groups in total. The number of nitrogens with two attached hydrogens (primary N) is 1. The SMILES string of the molecule is Cc1cc(N)ccc1C(=O)N(C)Cc1cccc(Cl)c1. The van der Waals surface area contributed by atoms with E-state index < -0.39 is 0 Å². The van der Waals surface area contributed by atoms with Crippen molar-refractivity contribution >= 4 is 23.2 Å². The fourth-order valence-corrected chi connectivity index (χ4v) is 2.33. The quantitative estimate of drug-likeness (QED) is 0.879. The summed E-state index contributed by atoms with van der Waals surface area (Å²) in [5, 5.41) is 0.673. The predicted octanol–water partition coefficient (Wildman–Crippen LogP) is 3.50. The van der Waals surface area contributed by atoms with Crippen LogP contribution in [0.4, 0.5) is 5.69 Å². The van der Waals surface area contributed by atoms with Crippen molar-refractivity contribution in [3.63, 3.8) is 0 Å². The topological polar surface area (TPSA) is 46.3 Å². The standard InChI is InChI=1S/C16H17ClN2O/c1-11-8-14(18)6-7-15(11)16(20)19(2)10-12-4-3-5-13(17)9-12/h3-9H,10,18H2,1-2H3.